The number of nitro benzene ring substituents is 1. The summed E-state index contributed by atoms with van der Waals surface area (Å²) in [5.74, 6) is -1.82. The Kier molecular flexibility index (Phi) is 5.45. The number of nitrogens with zero attached hydrogens (tertiary/aromatic N) is 1. The van der Waals surface area contributed by atoms with Crippen molar-refractivity contribution < 1.29 is 27.6 Å². The minimum atomic E-state index is -4.23. The summed E-state index contributed by atoms with van der Waals surface area (Å²) in [7, 11) is -4.23. The third-order valence-corrected chi connectivity index (χ3v) is 4.76. The number of benzene rings is 2. The van der Waals surface area contributed by atoms with E-state index in [1.807, 2.05) is 0 Å². The zero-order chi connectivity index (χ0) is 18.6. The summed E-state index contributed by atoms with van der Waals surface area (Å²) < 4.78 is 40.1. The van der Waals surface area contributed by atoms with Crippen LogP contribution >= 0.6 is 0 Å². The standard InChI is InChI=1S/C15H13FN2O6S/c16-11-6-4-10(5-7-11)14(9-15(19)20)17-25(23,24)13-3-1-2-12(8-13)18(21)22/h1-8,14,17H,9H2,(H,19,20). The van der Waals surface area contributed by atoms with E-state index in [9.17, 15) is 27.7 Å². The number of nitro groups is 1. The van der Waals surface area contributed by atoms with Crippen molar-refractivity contribution in [2.75, 3.05) is 0 Å². The Balaban J connectivity index is 2.36. The van der Waals surface area contributed by atoms with Crippen molar-refractivity contribution in [3.8, 4) is 0 Å². The first-order valence-electron chi connectivity index (χ1n) is 6.93. The number of carboxylic acid groups (broad SMARTS) is 1. The van der Waals surface area contributed by atoms with Gasteiger partial charge in [-0.1, -0.05) is 18.2 Å². The van der Waals surface area contributed by atoms with Gasteiger partial charge in [-0.25, -0.2) is 17.5 Å². The second-order valence-electron chi connectivity index (χ2n) is 5.08. The first kappa shape index (κ1) is 18.5. The van der Waals surface area contributed by atoms with Gasteiger partial charge in [0.2, 0.25) is 10.0 Å². The number of sulfonamides is 1. The Morgan fingerprint density at radius 2 is 1.88 bits per heavy atom. The number of carboxylic acids is 1. The number of hydrogen-bond donors (Lipinski definition) is 2. The molecule has 2 rings (SSSR count). The number of hydrogen-bond acceptors (Lipinski definition) is 5. The molecular formula is C15H13FN2O6S. The normalized spacial score (nSPS) is 12.5. The van der Waals surface area contributed by atoms with Crippen molar-refractivity contribution in [1.29, 1.82) is 0 Å². The van der Waals surface area contributed by atoms with Crippen LogP contribution in [0.5, 0.6) is 0 Å². The summed E-state index contributed by atoms with van der Waals surface area (Å²) >= 11 is 0. The lowest BCUT2D eigenvalue weighted by Crippen LogP contribution is -2.30. The third kappa shape index (κ3) is 4.81. The quantitative estimate of drug-likeness (QED) is 0.570. The van der Waals surface area contributed by atoms with Crippen LogP contribution in [0, 0.1) is 15.9 Å². The van der Waals surface area contributed by atoms with Gasteiger partial charge in [-0.15, -0.1) is 0 Å². The molecule has 2 aromatic carbocycles. The zero-order valence-electron chi connectivity index (χ0n) is 12.6. The highest BCUT2D eigenvalue weighted by molar-refractivity contribution is 7.89. The van der Waals surface area contributed by atoms with Gasteiger partial charge in [-0.2, -0.15) is 0 Å². The van der Waals surface area contributed by atoms with Crippen molar-refractivity contribution in [1.82, 2.24) is 4.72 Å². The number of rotatable bonds is 7. The smallest absolute Gasteiger partial charge is 0.305 e. The van der Waals surface area contributed by atoms with E-state index in [1.54, 1.807) is 0 Å². The van der Waals surface area contributed by atoms with Crippen LogP contribution in [0.15, 0.2) is 53.4 Å². The molecule has 0 bridgehead atoms. The summed E-state index contributed by atoms with van der Waals surface area (Å²) in [4.78, 5) is 20.7. The van der Waals surface area contributed by atoms with Crippen LogP contribution in [0.25, 0.3) is 0 Å². The van der Waals surface area contributed by atoms with Gasteiger partial charge in [0.05, 0.1) is 22.3 Å². The Labute approximate surface area is 142 Å². The first-order valence-corrected chi connectivity index (χ1v) is 8.41. The van der Waals surface area contributed by atoms with Crippen LogP contribution in [-0.2, 0) is 14.8 Å². The van der Waals surface area contributed by atoms with Gasteiger partial charge < -0.3 is 5.11 Å². The van der Waals surface area contributed by atoms with Crippen LogP contribution in [0.3, 0.4) is 0 Å². The molecule has 0 aliphatic carbocycles. The van der Waals surface area contributed by atoms with Crippen LogP contribution in [0.1, 0.15) is 18.0 Å². The lowest BCUT2D eigenvalue weighted by Gasteiger charge is -2.17. The molecule has 1 unspecified atom stereocenters. The summed E-state index contributed by atoms with van der Waals surface area (Å²) in [5.41, 5.74) is -0.169. The van der Waals surface area contributed by atoms with Gasteiger partial charge in [0.1, 0.15) is 5.82 Å². The first-order chi connectivity index (χ1) is 11.7. The maximum absolute atomic E-state index is 13.0. The van der Waals surface area contributed by atoms with Gasteiger partial charge in [0.15, 0.2) is 0 Å². The maximum atomic E-state index is 13.0. The molecule has 0 spiro atoms. The molecule has 0 aromatic heterocycles. The monoisotopic (exact) mass is 368 g/mol. The Morgan fingerprint density at radius 1 is 1.24 bits per heavy atom. The molecule has 0 fully saturated rings. The Morgan fingerprint density at radius 3 is 2.44 bits per heavy atom. The van der Waals surface area contributed by atoms with E-state index in [-0.39, 0.29) is 10.5 Å². The van der Waals surface area contributed by atoms with Crippen molar-refractivity contribution in [3.63, 3.8) is 0 Å². The molecular weight excluding hydrogens is 355 g/mol. The topological polar surface area (TPSA) is 127 Å². The summed E-state index contributed by atoms with van der Waals surface area (Å²) in [5, 5.41) is 19.8. The Bertz CT molecular complexity index is 898. The molecule has 0 aliphatic heterocycles. The molecule has 10 heteroatoms. The third-order valence-electron chi connectivity index (χ3n) is 3.29. The van der Waals surface area contributed by atoms with Gasteiger partial charge in [-0.3, -0.25) is 14.9 Å². The van der Waals surface area contributed by atoms with Crippen LogP contribution in [0.4, 0.5) is 10.1 Å². The fraction of sp³-hybridized carbons (Fsp3) is 0.133. The van der Waals surface area contributed by atoms with E-state index in [0.717, 1.165) is 30.3 Å². The average Bonchev–Trinajstić information content (AvgIpc) is 2.54. The van der Waals surface area contributed by atoms with Gasteiger partial charge in [-0.05, 0) is 23.8 Å². The van der Waals surface area contributed by atoms with Crippen LogP contribution in [-0.4, -0.2) is 24.4 Å². The van der Waals surface area contributed by atoms with E-state index in [2.05, 4.69) is 4.72 Å². The minimum Gasteiger partial charge on any atom is -0.481 e. The second-order valence-corrected chi connectivity index (χ2v) is 6.79. The number of carbonyl (C=O) groups is 1. The van der Waals surface area contributed by atoms with E-state index in [0.29, 0.717) is 0 Å². The number of aliphatic carboxylic acids is 1. The molecule has 2 aromatic rings. The largest absolute Gasteiger partial charge is 0.481 e. The number of nitrogens with one attached hydrogen (secondary N) is 1. The summed E-state index contributed by atoms with van der Waals surface area (Å²) in [6, 6.07) is 7.87. The highest BCUT2D eigenvalue weighted by atomic mass is 32.2. The molecule has 0 radical (unpaired) electrons. The summed E-state index contributed by atoms with van der Waals surface area (Å²) in [6.07, 6.45) is -0.584. The van der Waals surface area contributed by atoms with Crippen molar-refractivity contribution >= 4 is 21.7 Å². The van der Waals surface area contributed by atoms with Crippen LogP contribution < -0.4 is 4.72 Å². The SMILES string of the molecule is O=C(O)CC(NS(=O)(=O)c1cccc([N+](=O)[O-])c1)c1ccc(F)cc1. The molecule has 25 heavy (non-hydrogen) atoms. The van der Waals surface area contributed by atoms with Crippen molar-refractivity contribution in [2.24, 2.45) is 0 Å². The predicted octanol–water partition coefficient (Wildman–Crippen LogP) is 2.23. The zero-order valence-corrected chi connectivity index (χ0v) is 13.4. The lowest BCUT2D eigenvalue weighted by atomic mass is 10.1. The number of halogens is 1. The predicted molar refractivity (Wildman–Crippen MR) is 84.8 cm³/mol. The van der Waals surface area contributed by atoms with Crippen LogP contribution in [0.2, 0.25) is 0 Å². The minimum absolute atomic E-state index is 0.248. The molecule has 132 valence electrons. The molecule has 0 saturated heterocycles. The Hall–Kier alpha value is -2.85. The molecule has 0 saturated carbocycles. The highest BCUT2D eigenvalue weighted by Crippen LogP contribution is 2.23. The molecule has 0 heterocycles. The van der Waals surface area contributed by atoms with Crippen molar-refractivity contribution in [2.45, 2.75) is 17.4 Å². The molecule has 2 N–H and O–H groups in total. The molecule has 1 atom stereocenters. The van der Waals surface area contributed by atoms with E-state index >= 15 is 0 Å². The lowest BCUT2D eigenvalue weighted by molar-refractivity contribution is -0.385. The fourth-order valence-corrected chi connectivity index (χ4v) is 3.38. The van der Waals surface area contributed by atoms with Gasteiger partial charge >= 0.3 is 5.97 Å². The van der Waals surface area contributed by atoms with Gasteiger partial charge in [0, 0.05) is 12.1 Å². The molecule has 0 amide bonds. The highest BCUT2D eigenvalue weighted by Gasteiger charge is 2.25. The summed E-state index contributed by atoms with van der Waals surface area (Å²) in [6.45, 7) is 0. The number of non-ortho nitro benzene ring substituents is 1. The van der Waals surface area contributed by atoms with E-state index in [4.69, 9.17) is 5.11 Å². The van der Waals surface area contributed by atoms with E-state index < -0.39 is 44.9 Å². The second kappa shape index (κ2) is 7.36. The van der Waals surface area contributed by atoms with Crippen molar-refractivity contribution in [3.05, 3.63) is 70.0 Å². The van der Waals surface area contributed by atoms with Gasteiger partial charge in [0.25, 0.3) is 5.69 Å². The molecule has 0 aliphatic rings. The molecule has 8 nitrogen and oxygen atoms in total. The fourth-order valence-electron chi connectivity index (χ4n) is 2.12. The van der Waals surface area contributed by atoms with E-state index in [1.165, 1.54) is 18.2 Å². The average molecular weight is 368 g/mol. The maximum Gasteiger partial charge on any atom is 0.305 e.